The van der Waals surface area contributed by atoms with Crippen LogP contribution < -0.4 is 5.32 Å². The molecule has 1 N–H and O–H groups in total. The molecule has 0 heterocycles. The second-order valence-corrected chi connectivity index (χ2v) is 5.90. The van der Waals surface area contributed by atoms with Crippen LogP contribution in [0.15, 0.2) is 47.4 Å². The van der Waals surface area contributed by atoms with Gasteiger partial charge in [0.05, 0.1) is 0 Å². The highest BCUT2D eigenvalue weighted by Crippen LogP contribution is 2.27. The summed E-state index contributed by atoms with van der Waals surface area (Å²) in [5, 5.41) is 3.90. The molecule has 0 aliphatic rings. The molecule has 0 unspecified atom stereocenters. The summed E-state index contributed by atoms with van der Waals surface area (Å²) in [6.45, 7) is 3.94. The van der Waals surface area contributed by atoms with E-state index in [1.165, 1.54) is 17.7 Å². The van der Waals surface area contributed by atoms with E-state index in [0.717, 1.165) is 23.5 Å². The lowest BCUT2D eigenvalue weighted by Gasteiger charge is -2.06. The first-order chi connectivity index (χ1) is 9.69. The van der Waals surface area contributed by atoms with Gasteiger partial charge in [-0.05, 0) is 48.0 Å². The van der Waals surface area contributed by atoms with Gasteiger partial charge in [-0.1, -0.05) is 30.7 Å². The second-order valence-electron chi connectivity index (χ2n) is 4.45. The van der Waals surface area contributed by atoms with Gasteiger partial charge in [0, 0.05) is 22.2 Å². The molecular weight excluding hydrogens is 293 g/mol. The van der Waals surface area contributed by atoms with Crippen molar-refractivity contribution in [2.75, 3.05) is 6.54 Å². The molecule has 20 heavy (non-hydrogen) atoms. The average Bonchev–Trinajstić information content (AvgIpc) is 2.47. The summed E-state index contributed by atoms with van der Waals surface area (Å²) < 4.78 is 13.2. The number of halogens is 2. The molecule has 0 atom stereocenters. The van der Waals surface area contributed by atoms with Gasteiger partial charge < -0.3 is 5.32 Å². The lowest BCUT2D eigenvalue weighted by atomic mass is 10.2. The van der Waals surface area contributed by atoms with E-state index >= 15 is 0 Å². The van der Waals surface area contributed by atoms with Gasteiger partial charge in [-0.15, -0.1) is 11.8 Å². The van der Waals surface area contributed by atoms with Crippen molar-refractivity contribution >= 4 is 23.4 Å². The Morgan fingerprint density at radius 1 is 1.15 bits per heavy atom. The molecule has 0 saturated carbocycles. The third kappa shape index (κ3) is 4.51. The molecule has 0 amide bonds. The maximum atomic E-state index is 13.2. The number of hydrogen-bond donors (Lipinski definition) is 1. The third-order valence-corrected chi connectivity index (χ3v) is 4.33. The van der Waals surface area contributed by atoms with Gasteiger partial charge in [-0.3, -0.25) is 0 Å². The maximum absolute atomic E-state index is 13.2. The van der Waals surface area contributed by atoms with E-state index < -0.39 is 0 Å². The van der Waals surface area contributed by atoms with E-state index in [9.17, 15) is 4.39 Å². The molecule has 0 bridgehead atoms. The van der Waals surface area contributed by atoms with E-state index in [2.05, 4.69) is 36.5 Å². The molecule has 106 valence electrons. The molecule has 0 fully saturated rings. The van der Waals surface area contributed by atoms with E-state index in [4.69, 9.17) is 11.6 Å². The Morgan fingerprint density at radius 3 is 2.60 bits per heavy atom. The third-order valence-electron chi connectivity index (χ3n) is 2.90. The zero-order valence-electron chi connectivity index (χ0n) is 11.3. The minimum absolute atomic E-state index is 0.244. The topological polar surface area (TPSA) is 12.0 Å². The zero-order valence-corrected chi connectivity index (χ0v) is 12.9. The van der Waals surface area contributed by atoms with Gasteiger partial charge in [-0.25, -0.2) is 4.39 Å². The van der Waals surface area contributed by atoms with Crippen LogP contribution in [0, 0.1) is 5.82 Å². The van der Waals surface area contributed by atoms with Crippen LogP contribution in [0.2, 0.25) is 5.02 Å². The van der Waals surface area contributed by atoms with Crippen molar-refractivity contribution in [1.82, 2.24) is 5.32 Å². The summed E-state index contributed by atoms with van der Waals surface area (Å²) in [5.41, 5.74) is 2.09. The van der Waals surface area contributed by atoms with Crippen molar-refractivity contribution in [3.8, 4) is 0 Å². The van der Waals surface area contributed by atoms with Crippen LogP contribution in [-0.2, 0) is 12.3 Å². The first kappa shape index (κ1) is 15.4. The molecule has 2 rings (SSSR count). The lowest BCUT2D eigenvalue weighted by Crippen LogP contribution is -2.11. The molecule has 4 heteroatoms. The van der Waals surface area contributed by atoms with Crippen LogP contribution in [-0.4, -0.2) is 6.54 Å². The number of hydrogen-bond acceptors (Lipinski definition) is 2. The van der Waals surface area contributed by atoms with Crippen LogP contribution in [0.5, 0.6) is 0 Å². The van der Waals surface area contributed by atoms with Crippen molar-refractivity contribution in [1.29, 1.82) is 0 Å². The van der Waals surface area contributed by atoms with E-state index in [0.29, 0.717) is 10.8 Å². The van der Waals surface area contributed by atoms with Crippen molar-refractivity contribution in [3.63, 3.8) is 0 Å². The largest absolute Gasteiger partial charge is 0.313 e. The predicted octanol–water partition coefficient (Wildman–Crippen LogP) is 4.88. The molecule has 2 aromatic rings. The van der Waals surface area contributed by atoms with Crippen LogP contribution in [0.4, 0.5) is 4.39 Å². The fraction of sp³-hybridized carbons (Fsp3) is 0.250. The molecule has 0 spiro atoms. The molecule has 2 aromatic carbocycles. The number of nitrogens with one attached hydrogen (secondary N) is 1. The molecule has 0 saturated heterocycles. The predicted molar refractivity (Wildman–Crippen MR) is 84.8 cm³/mol. The Hall–Kier alpha value is -1.03. The molecule has 0 aliphatic heterocycles. The minimum Gasteiger partial charge on any atom is -0.313 e. The summed E-state index contributed by atoms with van der Waals surface area (Å²) in [6, 6.07) is 12.9. The fourth-order valence-corrected chi connectivity index (χ4v) is 2.94. The molecule has 0 radical (unpaired) electrons. The van der Waals surface area contributed by atoms with Crippen LogP contribution in [0.3, 0.4) is 0 Å². The molecular formula is C16H17ClFNS. The Kier molecular flexibility index (Phi) is 5.89. The highest BCUT2D eigenvalue weighted by molar-refractivity contribution is 7.98. The molecule has 1 nitrogen and oxygen atoms in total. The summed E-state index contributed by atoms with van der Waals surface area (Å²) >= 11 is 7.71. The average molecular weight is 310 g/mol. The van der Waals surface area contributed by atoms with Gasteiger partial charge in [0.25, 0.3) is 0 Å². The van der Waals surface area contributed by atoms with Gasteiger partial charge in [-0.2, -0.15) is 0 Å². The van der Waals surface area contributed by atoms with Gasteiger partial charge >= 0.3 is 0 Å². The Morgan fingerprint density at radius 2 is 1.90 bits per heavy atom. The zero-order chi connectivity index (χ0) is 14.4. The summed E-state index contributed by atoms with van der Waals surface area (Å²) in [6.07, 6.45) is 0. The summed E-state index contributed by atoms with van der Waals surface area (Å²) in [5.74, 6) is 0.425. The highest BCUT2D eigenvalue weighted by atomic mass is 35.5. The first-order valence-electron chi connectivity index (χ1n) is 6.55. The monoisotopic (exact) mass is 309 g/mol. The van der Waals surface area contributed by atoms with E-state index in [1.807, 2.05) is 0 Å². The molecule has 0 aliphatic carbocycles. The first-order valence-corrected chi connectivity index (χ1v) is 7.92. The van der Waals surface area contributed by atoms with Crippen LogP contribution in [0.25, 0.3) is 0 Å². The van der Waals surface area contributed by atoms with Gasteiger partial charge in [0.2, 0.25) is 0 Å². The standard InChI is InChI=1S/C16H17ClFNS/c1-2-19-10-12-3-6-15(7-4-12)20-11-13-9-14(18)5-8-16(13)17/h3-9,19H,2,10-11H2,1H3. The smallest absolute Gasteiger partial charge is 0.123 e. The van der Waals surface area contributed by atoms with Crippen molar-refractivity contribution in [2.45, 2.75) is 24.1 Å². The number of benzene rings is 2. The van der Waals surface area contributed by atoms with E-state index in [-0.39, 0.29) is 5.82 Å². The van der Waals surface area contributed by atoms with Crippen molar-refractivity contribution < 1.29 is 4.39 Å². The fourth-order valence-electron chi connectivity index (χ4n) is 1.79. The Balaban J connectivity index is 1.95. The van der Waals surface area contributed by atoms with Crippen molar-refractivity contribution in [3.05, 3.63) is 64.4 Å². The normalized spacial score (nSPS) is 10.8. The molecule has 0 aromatic heterocycles. The number of rotatable bonds is 6. The summed E-state index contributed by atoms with van der Waals surface area (Å²) in [7, 11) is 0. The van der Waals surface area contributed by atoms with Crippen molar-refractivity contribution in [2.24, 2.45) is 0 Å². The van der Waals surface area contributed by atoms with Crippen LogP contribution in [0.1, 0.15) is 18.1 Å². The van der Waals surface area contributed by atoms with Gasteiger partial charge in [0.1, 0.15) is 5.82 Å². The quantitative estimate of drug-likeness (QED) is 0.763. The second kappa shape index (κ2) is 7.67. The SMILES string of the molecule is CCNCc1ccc(SCc2cc(F)ccc2Cl)cc1. The Bertz CT molecular complexity index is 557. The lowest BCUT2D eigenvalue weighted by molar-refractivity contribution is 0.626. The maximum Gasteiger partial charge on any atom is 0.123 e. The highest BCUT2D eigenvalue weighted by Gasteiger charge is 2.03. The van der Waals surface area contributed by atoms with Crippen LogP contribution >= 0.6 is 23.4 Å². The summed E-state index contributed by atoms with van der Waals surface area (Å²) in [4.78, 5) is 1.16. The van der Waals surface area contributed by atoms with E-state index in [1.54, 1.807) is 17.8 Å². The number of thioether (sulfide) groups is 1. The van der Waals surface area contributed by atoms with Gasteiger partial charge in [0.15, 0.2) is 0 Å². The minimum atomic E-state index is -0.244. The Labute approximate surface area is 128 Å².